The molecule has 1 aliphatic rings. The minimum absolute atomic E-state index is 0.0245. The molecular formula is C12H16ClN5O3S. The molecule has 0 amide bonds. The van der Waals surface area contributed by atoms with Gasteiger partial charge >= 0.3 is 0 Å². The van der Waals surface area contributed by atoms with E-state index in [0.29, 0.717) is 22.7 Å². The zero-order chi connectivity index (χ0) is 15.9. The maximum atomic E-state index is 9.95. The maximum absolute atomic E-state index is 9.95. The first-order chi connectivity index (χ1) is 10.5. The summed E-state index contributed by atoms with van der Waals surface area (Å²) in [6.45, 7) is 1.75. The lowest BCUT2D eigenvalue weighted by Gasteiger charge is -2.16. The first-order valence-corrected chi connectivity index (χ1v) is 8.19. The second kappa shape index (κ2) is 6.17. The van der Waals surface area contributed by atoms with Gasteiger partial charge in [0.05, 0.1) is 12.7 Å². The molecule has 4 N–H and O–H groups in total. The first-order valence-electron chi connectivity index (χ1n) is 6.83. The van der Waals surface area contributed by atoms with Crippen molar-refractivity contribution >= 4 is 40.3 Å². The normalized spacial score (nSPS) is 25.2. The number of anilines is 1. The Kier molecular flexibility index (Phi) is 4.42. The molecule has 22 heavy (non-hydrogen) atoms. The van der Waals surface area contributed by atoms with E-state index in [1.165, 1.54) is 11.8 Å². The van der Waals surface area contributed by atoms with Crippen molar-refractivity contribution in [2.24, 2.45) is 0 Å². The number of imidazole rings is 1. The van der Waals surface area contributed by atoms with Crippen LogP contribution in [-0.2, 0) is 4.74 Å². The summed E-state index contributed by atoms with van der Waals surface area (Å²) in [7, 11) is 0. The highest BCUT2D eigenvalue weighted by molar-refractivity contribution is 7.99. The molecule has 0 radical (unpaired) electrons. The quantitative estimate of drug-likeness (QED) is 0.550. The SMILES string of the molecule is CCSc1nc2c(N)nc(Cl)nc2n1[C@H]1C[C@H](O)[C@@H](CO)O1. The monoisotopic (exact) mass is 345 g/mol. The van der Waals surface area contributed by atoms with E-state index in [4.69, 9.17) is 22.1 Å². The molecule has 1 fully saturated rings. The van der Waals surface area contributed by atoms with E-state index in [1.54, 1.807) is 4.57 Å². The van der Waals surface area contributed by atoms with Crippen molar-refractivity contribution in [2.45, 2.75) is 36.9 Å². The van der Waals surface area contributed by atoms with E-state index in [9.17, 15) is 10.2 Å². The highest BCUT2D eigenvalue weighted by Gasteiger charge is 2.37. The Bertz CT molecular complexity index is 697. The van der Waals surface area contributed by atoms with Crippen LogP contribution in [0.2, 0.25) is 5.28 Å². The maximum Gasteiger partial charge on any atom is 0.226 e. The van der Waals surface area contributed by atoms with Gasteiger partial charge in [0, 0.05) is 6.42 Å². The fourth-order valence-electron chi connectivity index (χ4n) is 2.48. The van der Waals surface area contributed by atoms with Crippen molar-refractivity contribution in [1.82, 2.24) is 19.5 Å². The Morgan fingerprint density at radius 3 is 2.86 bits per heavy atom. The summed E-state index contributed by atoms with van der Waals surface area (Å²) in [5.41, 5.74) is 6.78. The standard InChI is InChI=1S/C12H16ClN5O3S/c1-2-22-12-15-8-9(14)16-11(13)17-10(8)18(12)7-3-5(20)6(4-19)21-7/h5-7,19-20H,2-4H2,1H3,(H2,14,16,17)/t5-,6+,7+/m0/s1. The number of aromatic nitrogens is 4. The van der Waals surface area contributed by atoms with Crippen molar-refractivity contribution in [1.29, 1.82) is 0 Å². The number of nitrogens with zero attached hydrogens (tertiary/aromatic N) is 4. The second-order valence-electron chi connectivity index (χ2n) is 4.86. The van der Waals surface area contributed by atoms with Gasteiger partial charge in [-0.1, -0.05) is 18.7 Å². The van der Waals surface area contributed by atoms with Gasteiger partial charge in [0.25, 0.3) is 0 Å². The van der Waals surface area contributed by atoms with Crippen molar-refractivity contribution < 1.29 is 14.9 Å². The van der Waals surface area contributed by atoms with Crippen molar-refractivity contribution in [3.8, 4) is 0 Å². The molecule has 3 heterocycles. The molecule has 10 heteroatoms. The molecule has 2 aromatic rings. The predicted molar refractivity (Wildman–Crippen MR) is 82.8 cm³/mol. The van der Waals surface area contributed by atoms with Crippen LogP contribution in [0.5, 0.6) is 0 Å². The van der Waals surface area contributed by atoms with E-state index in [0.717, 1.165) is 5.75 Å². The third-order valence-corrected chi connectivity index (χ3v) is 4.46. The number of aliphatic hydroxyl groups is 2. The number of fused-ring (bicyclic) bond motifs is 1. The van der Waals surface area contributed by atoms with E-state index >= 15 is 0 Å². The summed E-state index contributed by atoms with van der Waals surface area (Å²) in [6, 6.07) is 0. The Hall–Kier alpha value is -1.13. The average Bonchev–Trinajstić information content (AvgIpc) is 2.99. The van der Waals surface area contributed by atoms with Gasteiger partial charge in [-0.3, -0.25) is 4.57 Å². The number of ether oxygens (including phenoxy) is 1. The third-order valence-electron chi connectivity index (χ3n) is 3.45. The van der Waals surface area contributed by atoms with Crippen LogP contribution in [0.4, 0.5) is 5.82 Å². The molecule has 1 aliphatic heterocycles. The smallest absolute Gasteiger partial charge is 0.226 e. The second-order valence-corrected chi connectivity index (χ2v) is 6.43. The van der Waals surface area contributed by atoms with Crippen LogP contribution in [0.1, 0.15) is 19.6 Å². The molecule has 0 aromatic carbocycles. The minimum Gasteiger partial charge on any atom is -0.394 e. The molecule has 8 nitrogen and oxygen atoms in total. The summed E-state index contributed by atoms with van der Waals surface area (Å²) in [5.74, 6) is 0.993. The fraction of sp³-hybridized carbons (Fsp3) is 0.583. The molecule has 0 spiro atoms. The predicted octanol–water partition coefficient (Wildman–Crippen LogP) is 0.815. The largest absolute Gasteiger partial charge is 0.394 e. The van der Waals surface area contributed by atoms with Gasteiger partial charge in [-0.05, 0) is 17.4 Å². The Morgan fingerprint density at radius 2 is 2.23 bits per heavy atom. The van der Waals surface area contributed by atoms with Crippen molar-refractivity contribution in [3.05, 3.63) is 5.28 Å². The van der Waals surface area contributed by atoms with Crippen molar-refractivity contribution in [3.63, 3.8) is 0 Å². The molecule has 0 bridgehead atoms. The van der Waals surface area contributed by atoms with Gasteiger partial charge in [0.15, 0.2) is 22.1 Å². The number of nitrogen functional groups attached to an aromatic ring is 1. The molecule has 3 atom stereocenters. The van der Waals surface area contributed by atoms with E-state index in [2.05, 4.69) is 15.0 Å². The van der Waals surface area contributed by atoms with Crippen LogP contribution in [0.25, 0.3) is 11.2 Å². The molecule has 1 saturated heterocycles. The molecular weight excluding hydrogens is 330 g/mol. The Balaban J connectivity index is 2.12. The summed E-state index contributed by atoms with van der Waals surface area (Å²) >= 11 is 7.39. The molecule has 120 valence electrons. The van der Waals surface area contributed by atoms with Crippen LogP contribution in [-0.4, -0.2) is 54.3 Å². The summed E-state index contributed by atoms with van der Waals surface area (Å²) in [6.07, 6.45) is -1.54. The number of nitrogens with two attached hydrogens (primary N) is 1. The van der Waals surface area contributed by atoms with E-state index in [-0.39, 0.29) is 17.7 Å². The zero-order valence-electron chi connectivity index (χ0n) is 11.8. The lowest BCUT2D eigenvalue weighted by molar-refractivity contribution is -0.0457. The number of thioether (sulfide) groups is 1. The minimum atomic E-state index is -0.749. The third kappa shape index (κ3) is 2.63. The summed E-state index contributed by atoms with van der Waals surface area (Å²) in [5, 5.41) is 19.9. The van der Waals surface area contributed by atoms with E-state index in [1.807, 2.05) is 6.92 Å². The van der Waals surface area contributed by atoms with Crippen LogP contribution in [0.3, 0.4) is 0 Å². The number of hydrogen-bond donors (Lipinski definition) is 3. The van der Waals surface area contributed by atoms with Crippen LogP contribution < -0.4 is 5.73 Å². The summed E-state index contributed by atoms with van der Waals surface area (Å²) in [4.78, 5) is 12.6. The molecule has 2 aromatic heterocycles. The van der Waals surface area contributed by atoms with Crippen molar-refractivity contribution in [2.75, 3.05) is 18.1 Å². The number of hydrogen-bond acceptors (Lipinski definition) is 8. The number of aliphatic hydroxyl groups excluding tert-OH is 2. The molecule has 0 saturated carbocycles. The van der Waals surface area contributed by atoms with Gasteiger partial charge in [0.2, 0.25) is 5.28 Å². The molecule has 3 rings (SSSR count). The first kappa shape index (κ1) is 15.8. The van der Waals surface area contributed by atoms with Gasteiger partial charge in [0.1, 0.15) is 12.3 Å². The topological polar surface area (TPSA) is 119 Å². The zero-order valence-corrected chi connectivity index (χ0v) is 13.4. The van der Waals surface area contributed by atoms with Gasteiger partial charge < -0.3 is 20.7 Å². The highest BCUT2D eigenvalue weighted by Crippen LogP contribution is 2.36. The van der Waals surface area contributed by atoms with Gasteiger partial charge in [-0.15, -0.1) is 0 Å². The fourth-order valence-corrected chi connectivity index (χ4v) is 3.40. The van der Waals surface area contributed by atoms with Crippen LogP contribution in [0, 0.1) is 0 Å². The summed E-state index contributed by atoms with van der Waals surface area (Å²) < 4.78 is 7.46. The molecule has 0 aliphatic carbocycles. The molecule has 0 unspecified atom stereocenters. The number of rotatable bonds is 4. The highest BCUT2D eigenvalue weighted by atomic mass is 35.5. The van der Waals surface area contributed by atoms with Crippen LogP contribution >= 0.6 is 23.4 Å². The lowest BCUT2D eigenvalue weighted by Crippen LogP contribution is -2.24. The van der Waals surface area contributed by atoms with Crippen LogP contribution in [0.15, 0.2) is 5.16 Å². The van der Waals surface area contributed by atoms with Gasteiger partial charge in [-0.25, -0.2) is 4.98 Å². The lowest BCUT2D eigenvalue weighted by atomic mass is 10.2. The Morgan fingerprint density at radius 1 is 1.45 bits per heavy atom. The average molecular weight is 346 g/mol. The van der Waals surface area contributed by atoms with E-state index < -0.39 is 18.4 Å². The van der Waals surface area contributed by atoms with Gasteiger partial charge in [-0.2, -0.15) is 9.97 Å². The number of halogens is 1. The Labute approximate surface area is 135 Å².